The zero-order valence-corrected chi connectivity index (χ0v) is 17.2. The van der Waals surface area contributed by atoms with Crippen LogP contribution in [0.3, 0.4) is 0 Å². The van der Waals surface area contributed by atoms with E-state index in [2.05, 4.69) is 24.9 Å². The molecule has 2 fully saturated rings. The Hall–Kier alpha value is -2.44. The highest BCUT2D eigenvalue weighted by atomic mass is 16.2. The first-order valence-electron chi connectivity index (χ1n) is 10.4. The van der Waals surface area contributed by atoms with Gasteiger partial charge in [-0.2, -0.15) is 5.10 Å². The standard InChI is InChI=1S/C21H30N6O/c1-15-13-16(2)27(24-15)20-14-19(22-17(3)23-20)25-9-11-26(12-10-25)21(28)18-7-5-4-6-8-18/h13-14,18H,4-12H2,1-3H3. The number of carbonyl (C=O) groups excluding carboxylic acids is 1. The minimum atomic E-state index is 0.249. The predicted octanol–water partition coefficient (Wildman–Crippen LogP) is 2.82. The summed E-state index contributed by atoms with van der Waals surface area (Å²) in [5, 5.41) is 4.55. The SMILES string of the molecule is Cc1cc(C)n(-c2cc(N3CCN(C(=O)C4CCCCC4)CC3)nc(C)n2)n1. The number of hydrogen-bond acceptors (Lipinski definition) is 5. The van der Waals surface area contributed by atoms with E-state index in [1.807, 2.05) is 37.6 Å². The monoisotopic (exact) mass is 382 g/mol. The molecule has 4 rings (SSSR count). The predicted molar refractivity (Wildman–Crippen MR) is 109 cm³/mol. The van der Waals surface area contributed by atoms with Gasteiger partial charge in [-0.3, -0.25) is 4.79 Å². The zero-order chi connectivity index (χ0) is 19.7. The second-order valence-electron chi connectivity index (χ2n) is 8.12. The Morgan fingerprint density at radius 2 is 1.61 bits per heavy atom. The molecule has 2 aromatic rings. The Bertz CT molecular complexity index is 847. The van der Waals surface area contributed by atoms with Crippen molar-refractivity contribution in [3.8, 4) is 5.82 Å². The molecule has 1 aliphatic heterocycles. The molecule has 3 heterocycles. The summed E-state index contributed by atoms with van der Waals surface area (Å²) in [7, 11) is 0. The van der Waals surface area contributed by atoms with Gasteiger partial charge in [0.1, 0.15) is 11.6 Å². The maximum absolute atomic E-state index is 12.8. The number of nitrogens with zero attached hydrogens (tertiary/aromatic N) is 6. The number of piperazine rings is 1. The fourth-order valence-corrected chi connectivity index (χ4v) is 4.43. The fraction of sp³-hybridized carbons (Fsp3) is 0.619. The molecule has 28 heavy (non-hydrogen) atoms. The van der Waals surface area contributed by atoms with E-state index in [1.54, 1.807) is 0 Å². The molecule has 1 aliphatic carbocycles. The van der Waals surface area contributed by atoms with Gasteiger partial charge in [0.15, 0.2) is 5.82 Å². The molecular weight excluding hydrogens is 352 g/mol. The van der Waals surface area contributed by atoms with Crippen molar-refractivity contribution in [1.29, 1.82) is 0 Å². The highest BCUT2D eigenvalue weighted by Crippen LogP contribution is 2.26. The number of aryl methyl sites for hydroxylation is 3. The summed E-state index contributed by atoms with van der Waals surface area (Å²) in [5.41, 5.74) is 2.04. The average molecular weight is 383 g/mol. The molecule has 7 heteroatoms. The molecule has 0 atom stereocenters. The van der Waals surface area contributed by atoms with Gasteiger partial charge < -0.3 is 9.80 Å². The highest BCUT2D eigenvalue weighted by Gasteiger charge is 2.29. The zero-order valence-electron chi connectivity index (χ0n) is 17.2. The van der Waals surface area contributed by atoms with E-state index in [1.165, 1.54) is 19.3 Å². The largest absolute Gasteiger partial charge is 0.353 e. The molecule has 7 nitrogen and oxygen atoms in total. The van der Waals surface area contributed by atoms with Gasteiger partial charge >= 0.3 is 0 Å². The second kappa shape index (κ2) is 7.89. The summed E-state index contributed by atoms with van der Waals surface area (Å²) < 4.78 is 1.87. The quantitative estimate of drug-likeness (QED) is 0.817. The Kier molecular flexibility index (Phi) is 5.33. The van der Waals surface area contributed by atoms with Crippen LogP contribution in [0.4, 0.5) is 5.82 Å². The van der Waals surface area contributed by atoms with Gasteiger partial charge in [0.05, 0.1) is 5.69 Å². The third kappa shape index (κ3) is 3.88. The summed E-state index contributed by atoms with van der Waals surface area (Å²) >= 11 is 0. The van der Waals surface area contributed by atoms with Gasteiger partial charge in [0.2, 0.25) is 5.91 Å². The lowest BCUT2D eigenvalue weighted by Gasteiger charge is -2.37. The van der Waals surface area contributed by atoms with Gasteiger partial charge in [-0.1, -0.05) is 19.3 Å². The molecule has 0 N–H and O–H groups in total. The van der Waals surface area contributed by atoms with Gasteiger partial charge in [0.25, 0.3) is 0 Å². The van der Waals surface area contributed by atoms with Crippen LogP contribution in [0, 0.1) is 26.7 Å². The summed E-state index contributed by atoms with van der Waals surface area (Å²) in [6.07, 6.45) is 5.81. The van der Waals surface area contributed by atoms with E-state index in [4.69, 9.17) is 0 Å². The van der Waals surface area contributed by atoms with E-state index in [0.29, 0.717) is 5.91 Å². The molecule has 0 spiro atoms. The molecule has 0 radical (unpaired) electrons. The van der Waals surface area contributed by atoms with Crippen LogP contribution >= 0.6 is 0 Å². The van der Waals surface area contributed by atoms with Gasteiger partial charge in [-0.15, -0.1) is 0 Å². The molecule has 1 saturated heterocycles. The molecule has 150 valence electrons. The fourth-order valence-electron chi connectivity index (χ4n) is 4.43. The molecule has 0 bridgehead atoms. The number of carbonyl (C=O) groups is 1. The molecule has 2 aliphatic rings. The lowest BCUT2D eigenvalue weighted by Crippen LogP contribution is -2.50. The van der Waals surface area contributed by atoms with Gasteiger partial charge in [-0.25, -0.2) is 14.6 Å². The number of anilines is 1. The number of hydrogen-bond donors (Lipinski definition) is 0. The maximum Gasteiger partial charge on any atom is 0.225 e. The first-order chi connectivity index (χ1) is 13.5. The number of rotatable bonds is 3. The first kappa shape index (κ1) is 18.9. The van der Waals surface area contributed by atoms with Crippen LogP contribution in [-0.4, -0.2) is 56.7 Å². The first-order valence-corrected chi connectivity index (χ1v) is 10.4. The molecule has 0 aromatic carbocycles. The third-order valence-corrected chi connectivity index (χ3v) is 5.91. The van der Waals surface area contributed by atoms with Gasteiger partial charge in [-0.05, 0) is 39.7 Å². The molecule has 2 aromatic heterocycles. The van der Waals surface area contributed by atoms with Crippen LogP contribution < -0.4 is 4.90 Å². The van der Waals surface area contributed by atoms with Crippen molar-refractivity contribution in [3.63, 3.8) is 0 Å². The smallest absolute Gasteiger partial charge is 0.225 e. The second-order valence-corrected chi connectivity index (χ2v) is 8.12. The van der Waals surface area contributed by atoms with Crippen molar-refractivity contribution < 1.29 is 4.79 Å². The minimum Gasteiger partial charge on any atom is -0.353 e. The van der Waals surface area contributed by atoms with E-state index in [-0.39, 0.29) is 5.92 Å². The molecular formula is C21H30N6O. The highest BCUT2D eigenvalue weighted by molar-refractivity contribution is 5.79. The lowest BCUT2D eigenvalue weighted by molar-refractivity contribution is -0.136. The Labute approximate surface area is 166 Å². The van der Waals surface area contributed by atoms with Crippen LogP contribution in [-0.2, 0) is 4.79 Å². The van der Waals surface area contributed by atoms with Gasteiger partial charge in [0, 0.05) is 43.9 Å². The Balaban J connectivity index is 1.46. The molecule has 1 saturated carbocycles. The summed E-state index contributed by atoms with van der Waals surface area (Å²) in [6.45, 7) is 9.10. The third-order valence-electron chi connectivity index (χ3n) is 5.91. The molecule has 1 amide bonds. The van der Waals surface area contributed by atoms with Crippen molar-refractivity contribution in [2.75, 3.05) is 31.1 Å². The van der Waals surface area contributed by atoms with Crippen LogP contribution in [0.5, 0.6) is 0 Å². The topological polar surface area (TPSA) is 67.2 Å². The van der Waals surface area contributed by atoms with E-state index >= 15 is 0 Å². The summed E-state index contributed by atoms with van der Waals surface area (Å²) in [5.74, 6) is 3.06. The van der Waals surface area contributed by atoms with Crippen LogP contribution in [0.2, 0.25) is 0 Å². The van der Waals surface area contributed by atoms with E-state index < -0.39 is 0 Å². The Morgan fingerprint density at radius 3 is 2.25 bits per heavy atom. The van der Waals surface area contributed by atoms with Crippen molar-refractivity contribution in [2.24, 2.45) is 5.92 Å². The number of amides is 1. The minimum absolute atomic E-state index is 0.249. The van der Waals surface area contributed by atoms with E-state index in [0.717, 1.165) is 67.9 Å². The number of aromatic nitrogens is 4. The van der Waals surface area contributed by atoms with Crippen LogP contribution in [0.1, 0.15) is 49.3 Å². The summed E-state index contributed by atoms with van der Waals surface area (Å²) in [4.78, 5) is 26.3. The average Bonchev–Trinajstić information content (AvgIpc) is 3.06. The normalized spacial score (nSPS) is 18.5. The van der Waals surface area contributed by atoms with E-state index in [9.17, 15) is 4.79 Å². The van der Waals surface area contributed by atoms with Crippen LogP contribution in [0.15, 0.2) is 12.1 Å². The van der Waals surface area contributed by atoms with Crippen molar-refractivity contribution in [3.05, 3.63) is 29.3 Å². The Morgan fingerprint density at radius 1 is 0.929 bits per heavy atom. The van der Waals surface area contributed by atoms with Crippen LogP contribution in [0.25, 0.3) is 5.82 Å². The summed E-state index contributed by atoms with van der Waals surface area (Å²) in [6, 6.07) is 4.05. The van der Waals surface area contributed by atoms with Crippen molar-refractivity contribution in [1.82, 2.24) is 24.6 Å². The van der Waals surface area contributed by atoms with Crippen molar-refractivity contribution >= 4 is 11.7 Å². The molecule has 0 unspecified atom stereocenters. The van der Waals surface area contributed by atoms with Crippen molar-refractivity contribution in [2.45, 2.75) is 52.9 Å². The lowest BCUT2D eigenvalue weighted by atomic mass is 9.88. The maximum atomic E-state index is 12.8.